The van der Waals surface area contributed by atoms with Crippen LogP contribution >= 0.6 is 0 Å². The maximum absolute atomic E-state index is 10.9. The molecule has 0 radical (unpaired) electrons. The number of pyridine rings is 1. The molecule has 1 fully saturated rings. The molecule has 1 saturated heterocycles. The molecule has 134 valence electrons. The first-order valence-corrected chi connectivity index (χ1v) is 8.99. The fourth-order valence-electron chi connectivity index (χ4n) is 3.64. The number of nitro groups is 1. The van der Waals surface area contributed by atoms with Crippen LogP contribution in [0.15, 0.2) is 42.6 Å². The van der Waals surface area contributed by atoms with Gasteiger partial charge in [0.05, 0.1) is 10.6 Å². The van der Waals surface area contributed by atoms with Crippen LogP contribution in [0.2, 0.25) is 0 Å². The molecule has 3 aromatic rings. The highest BCUT2D eigenvalue weighted by molar-refractivity contribution is 5.67. The number of hydrogen-bond acceptors (Lipinski definition) is 3. The normalized spacial score (nSPS) is 15.4. The predicted octanol–water partition coefficient (Wildman–Crippen LogP) is 0.180. The van der Waals surface area contributed by atoms with Gasteiger partial charge in [-0.05, 0) is 30.7 Å². The van der Waals surface area contributed by atoms with Crippen molar-refractivity contribution >= 4 is 11.3 Å². The number of nitro benzene ring substituents is 1. The minimum atomic E-state index is -0.369. The van der Waals surface area contributed by atoms with Gasteiger partial charge in [-0.3, -0.25) is 14.5 Å². The molecular formula is C19H23N5O2+2. The smallest absolute Gasteiger partial charge is 0.269 e. The lowest BCUT2D eigenvalue weighted by Gasteiger charge is -2.22. The first-order chi connectivity index (χ1) is 12.6. The molecule has 0 unspecified atom stereocenters. The molecule has 0 aliphatic carbocycles. The summed E-state index contributed by atoms with van der Waals surface area (Å²) in [6, 6.07) is 10.8. The monoisotopic (exact) mass is 353 g/mol. The van der Waals surface area contributed by atoms with Gasteiger partial charge in [0.15, 0.2) is 0 Å². The summed E-state index contributed by atoms with van der Waals surface area (Å²) < 4.78 is 2.18. The summed E-state index contributed by atoms with van der Waals surface area (Å²) in [5.41, 5.74) is 5.24. The molecule has 7 nitrogen and oxygen atoms in total. The maximum Gasteiger partial charge on any atom is 0.269 e. The molecule has 0 saturated carbocycles. The van der Waals surface area contributed by atoms with Crippen LogP contribution in [0.3, 0.4) is 0 Å². The second-order valence-electron chi connectivity index (χ2n) is 6.94. The van der Waals surface area contributed by atoms with Crippen molar-refractivity contribution in [2.24, 2.45) is 0 Å². The van der Waals surface area contributed by atoms with Gasteiger partial charge in [0.25, 0.3) is 5.69 Å². The molecular weight excluding hydrogens is 330 g/mol. The van der Waals surface area contributed by atoms with Crippen molar-refractivity contribution in [3.8, 4) is 11.3 Å². The van der Waals surface area contributed by atoms with Gasteiger partial charge in [0.1, 0.15) is 44.1 Å². The lowest BCUT2D eigenvalue weighted by molar-refractivity contribution is -0.958. The van der Waals surface area contributed by atoms with E-state index in [2.05, 4.69) is 28.9 Å². The van der Waals surface area contributed by atoms with E-state index in [0.29, 0.717) is 0 Å². The lowest BCUT2D eigenvalue weighted by atomic mass is 10.1. The molecule has 0 atom stereocenters. The third-order valence-electron chi connectivity index (χ3n) is 5.04. The van der Waals surface area contributed by atoms with Crippen LogP contribution in [-0.2, 0) is 6.54 Å². The van der Waals surface area contributed by atoms with Crippen molar-refractivity contribution in [2.45, 2.75) is 13.5 Å². The molecule has 0 amide bonds. The number of fused-ring (bicyclic) bond motifs is 1. The van der Waals surface area contributed by atoms with E-state index in [1.807, 2.05) is 6.07 Å². The van der Waals surface area contributed by atoms with Crippen molar-refractivity contribution in [3.05, 3.63) is 64.0 Å². The van der Waals surface area contributed by atoms with E-state index in [9.17, 15) is 10.1 Å². The van der Waals surface area contributed by atoms with Crippen molar-refractivity contribution in [1.82, 2.24) is 9.38 Å². The molecule has 0 spiro atoms. The van der Waals surface area contributed by atoms with E-state index in [4.69, 9.17) is 4.98 Å². The Kier molecular flexibility index (Phi) is 4.40. The summed E-state index contributed by atoms with van der Waals surface area (Å²) in [6.07, 6.45) is 2.13. The van der Waals surface area contributed by atoms with E-state index in [-0.39, 0.29) is 10.6 Å². The fourth-order valence-corrected chi connectivity index (χ4v) is 3.64. The quantitative estimate of drug-likeness (QED) is 0.519. The number of piperazine rings is 1. The Balaban J connectivity index is 1.79. The minimum absolute atomic E-state index is 0.104. The van der Waals surface area contributed by atoms with Gasteiger partial charge in [-0.2, -0.15) is 0 Å². The standard InChI is InChI=1S/C19H21N5O2/c1-14-2-7-18-21-19(15-3-5-16(6-4-15)24(25)26)17(23(18)12-14)13-22-10-8-20-9-11-22/h2-7,12,20H,8-11,13H2,1H3/p+2. The average Bonchev–Trinajstić information content (AvgIpc) is 3.00. The SMILES string of the molecule is Cc1ccc2nc(-c3ccc([N+](=O)[O-])cc3)c(C[NH+]3CC[NH2+]CC3)n2c1. The Morgan fingerprint density at radius 2 is 1.92 bits per heavy atom. The molecule has 4 rings (SSSR count). The van der Waals surface area contributed by atoms with Gasteiger partial charge < -0.3 is 10.2 Å². The fraction of sp³-hybridized carbons (Fsp3) is 0.316. The summed E-state index contributed by atoms with van der Waals surface area (Å²) in [5, 5.41) is 13.3. The van der Waals surface area contributed by atoms with Crippen LogP contribution in [0.1, 0.15) is 11.3 Å². The van der Waals surface area contributed by atoms with E-state index >= 15 is 0 Å². The molecule has 2 aromatic heterocycles. The van der Waals surface area contributed by atoms with E-state index in [1.165, 1.54) is 11.3 Å². The molecule has 0 bridgehead atoms. The van der Waals surface area contributed by atoms with Crippen LogP contribution in [0, 0.1) is 17.0 Å². The molecule has 26 heavy (non-hydrogen) atoms. The molecule has 7 heteroatoms. The Labute approximate surface area is 151 Å². The second kappa shape index (κ2) is 6.86. The molecule has 1 aromatic carbocycles. The first-order valence-electron chi connectivity index (χ1n) is 8.99. The number of rotatable bonds is 4. The summed E-state index contributed by atoms with van der Waals surface area (Å²) in [4.78, 5) is 17.0. The molecule has 1 aliphatic heterocycles. The maximum atomic E-state index is 10.9. The minimum Gasteiger partial charge on any atom is -0.337 e. The van der Waals surface area contributed by atoms with E-state index in [1.54, 1.807) is 29.2 Å². The number of nitrogens with zero attached hydrogens (tertiary/aromatic N) is 3. The Bertz CT molecular complexity index is 942. The summed E-state index contributed by atoms with van der Waals surface area (Å²) in [7, 11) is 0. The Morgan fingerprint density at radius 3 is 2.62 bits per heavy atom. The zero-order chi connectivity index (χ0) is 18.1. The van der Waals surface area contributed by atoms with Crippen LogP contribution in [0.25, 0.3) is 16.9 Å². The highest BCUT2D eigenvalue weighted by Crippen LogP contribution is 2.26. The van der Waals surface area contributed by atoms with Crippen molar-refractivity contribution < 1.29 is 15.1 Å². The number of quaternary nitrogens is 2. The number of aromatic nitrogens is 2. The van der Waals surface area contributed by atoms with Gasteiger partial charge >= 0.3 is 0 Å². The first kappa shape index (κ1) is 16.7. The Hall–Kier alpha value is -2.77. The van der Waals surface area contributed by atoms with Crippen molar-refractivity contribution in [1.29, 1.82) is 0 Å². The van der Waals surface area contributed by atoms with Crippen LogP contribution in [0.5, 0.6) is 0 Å². The zero-order valence-electron chi connectivity index (χ0n) is 14.8. The van der Waals surface area contributed by atoms with Gasteiger partial charge in [-0.1, -0.05) is 6.07 Å². The highest BCUT2D eigenvalue weighted by atomic mass is 16.6. The number of nitrogens with two attached hydrogens (primary N) is 1. The summed E-state index contributed by atoms with van der Waals surface area (Å²) in [5.74, 6) is 0. The number of aryl methyl sites for hydroxylation is 1. The molecule has 3 heterocycles. The number of imidazole rings is 1. The largest absolute Gasteiger partial charge is 0.337 e. The zero-order valence-corrected chi connectivity index (χ0v) is 14.8. The third kappa shape index (κ3) is 3.18. The predicted molar refractivity (Wildman–Crippen MR) is 98.1 cm³/mol. The van der Waals surface area contributed by atoms with E-state index < -0.39 is 0 Å². The number of non-ortho nitro benzene ring substituents is 1. The number of nitrogens with one attached hydrogen (secondary N) is 1. The van der Waals surface area contributed by atoms with Gasteiger partial charge in [-0.15, -0.1) is 0 Å². The van der Waals surface area contributed by atoms with Gasteiger partial charge in [0.2, 0.25) is 0 Å². The van der Waals surface area contributed by atoms with Gasteiger partial charge in [-0.25, -0.2) is 4.98 Å². The average molecular weight is 353 g/mol. The molecule has 1 aliphatic rings. The number of hydrogen-bond donors (Lipinski definition) is 2. The second-order valence-corrected chi connectivity index (χ2v) is 6.94. The van der Waals surface area contributed by atoms with Crippen LogP contribution in [0.4, 0.5) is 5.69 Å². The Morgan fingerprint density at radius 1 is 1.19 bits per heavy atom. The van der Waals surface area contributed by atoms with Crippen LogP contribution in [-0.4, -0.2) is 40.5 Å². The summed E-state index contributed by atoms with van der Waals surface area (Å²) in [6.45, 7) is 7.57. The highest BCUT2D eigenvalue weighted by Gasteiger charge is 2.22. The lowest BCUT2D eigenvalue weighted by Crippen LogP contribution is -3.19. The van der Waals surface area contributed by atoms with Gasteiger partial charge in [0, 0.05) is 23.9 Å². The van der Waals surface area contributed by atoms with Crippen molar-refractivity contribution in [3.63, 3.8) is 0 Å². The van der Waals surface area contributed by atoms with Crippen LogP contribution < -0.4 is 10.2 Å². The topological polar surface area (TPSA) is 81.5 Å². The number of benzene rings is 1. The molecule has 3 N–H and O–H groups in total. The third-order valence-corrected chi connectivity index (χ3v) is 5.04. The van der Waals surface area contributed by atoms with E-state index in [0.717, 1.165) is 49.6 Å². The summed E-state index contributed by atoms with van der Waals surface area (Å²) >= 11 is 0. The van der Waals surface area contributed by atoms with Crippen molar-refractivity contribution in [2.75, 3.05) is 26.2 Å².